The first kappa shape index (κ1) is 27.2. The Balaban J connectivity index is 1.67. The van der Waals surface area contributed by atoms with Crippen LogP contribution < -0.4 is 19.6 Å². The Morgan fingerprint density at radius 3 is 2.45 bits per heavy atom. The quantitative estimate of drug-likeness (QED) is 0.314. The summed E-state index contributed by atoms with van der Waals surface area (Å²) < 4.78 is 38.9. The largest absolute Gasteiger partial charge is 0.463 e. The summed E-state index contributed by atoms with van der Waals surface area (Å²) in [4.78, 5) is 31.9. The van der Waals surface area contributed by atoms with E-state index < -0.39 is 18.6 Å². The third kappa shape index (κ3) is 5.00. The van der Waals surface area contributed by atoms with E-state index in [0.717, 1.165) is 22.6 Å². The molecular weight excluding hydrogens is 538 g/mol. The molecule has 0 radical (unpaired) electrons. The lowest BCUT2D eigenvalue weighted by Gasteiger charge is -2.24. The van der Waals surface area contributed by atoms with Crippen LogP contribution in [0, 0.1) is 13.8 Å². The highest BCUT2D eigenvalue weighted by Crippen LogP contribution is 2.32. The number of nitrogens with zero attached hydrogens (tertiary/aromatic N) is 4. The van der Waals surface area contributed by atoms with Crippen molar-refractivity contribution in [3.8, 4) is 11.4 Å². The van der Waals surface area contributed by atoms with Crippen LogP contribution in [0.2, 0.25) is 0 Å². The summed E-state index contributed by atoms with van der Waals surface area (Å²) in [7, 11) is 0. The monoisotopic (exact) mass is 564 g/mol. The third-order valence-corrected chi connectivity index (χ3v) is 7.54. The molecule has 206 valence electrons. The maximum atomic E-state index is 13.9. The molecule has 0 unspecified atom stereocenters. The topological polar surface area (TPSA) is 87.7 Å². The van der Waals surface area contributed by atoms with Crippen LogP contribution in [0.1, 0.15) is 42.4 Å². The van der Waals surface area contributed by atoms with E-state index in [-0.39, 0.29) is 23.5 Å². The zero-order valence-corrected chi connectivity index (χ0v) is 23.0. The smallest absolute Gasteiger partial charge is 0.387 e. The van der Waals surface area contributed by atoms with Crippen LogP contribution in [0.4, 0.5) is 8.78 Å². The SMILES string of the molecule is CCOC(=O)C1=C(C)N=c2s/c(=C/c3c(C)nn(-c4ccccc4)c3C)c(=O)n2[C@H]1c1ccc(OC(F)F)cc1. The molecule has 0 saturated carbocycles. The van der Waals surface area contributed by atoms with Crippen molar-refractivity contribution < 1.29 is 23.0 Å². The fourth-order valence-corrected chi connectivity index (χ4v) is 5.78. The second-order valence-corrected chi connectivity index (χ2v) is 10.1. The van der Waals surface area contributed by atoms with Gasteiger partial charge in [0.25, 0.3) is 5.56 Å². The highest BCUT2D eigenvalue weighted by molar-refractivity contribution is 7.07. The molecule has 40 heavy (non-hydrogen) atoms. The van der Waals surface area contributed by atoms with E-state index in [1.165, 1.54) is 28.0 Å². The number of ether oxygens (including phenoxy) is 2. The zero-order valence-electron chi connectivity index (χ0n) is 22.2. The van der Waals surface area contributed by atoms with Gasteiger partial charge in [-0.25, -0.2) is 14.5 Å². The number of aryl methyl sites for hydroxylation is 1. The van der Waals surface area contributed by atoms with E-state index in [9.17, 15) is 18.4 Å². The van der Waals surface area contributed by atoms with E-state index in [2.05, 4.69) is 14.8 Å². The highest BCUT2D eigenvalue weighted by Gasteiger charge is 2.33. The van der Waals surface area contributed by atoms with E-state index in [1.54, 1.807) is 32.1 Å². The molecule has 3 heterocycles. The van der Waals surface area contributed by atoms with Crippen LogP contribution in [0.25, 0.3) is 11.8 Å². The molecule has 2 aromatic carbocycles. The van der Waals surface area contributed by atoms with Crippen molar-refractivity contribution >= 4 is 23.4 Å². The first-order valence-corrected chi connectivity index (χ1v) is 13.4. The molecule has 5 rings (SSSR count). The van der Waals surface area contributed by atoms with Crippen molar-refractivity contribution in [2.24, 2.45) is 4.99 Å². The number of rotatable bonds is 7. The van der Waals surface area contributed by atoms with Crippen molar-refractivity contribution in [3.05, 3.63) is 108 Å². The number of carbonyl (C=O) groups is 1. The molecular formula is C29H26F2N4O4S. The molecule has 2 aromatic heterocycles. The predicted octanol–water partition coefficient (Wildman–Crippen LogP) is 4.20. The molecule has 0 N–H and O–H groups in total. The van der Waals surface area contributed by atoms with Crippen molar-refractivity contribution in [1.29, 1.82) is 0 Å². The van der Waals surface area contributed by atoms with Gasteiger partial charge in [-0.1, -0.05) is 41.7 Å². The van der Waals surface area contributed by atoms with Gasteiger partial charge in [0.05, 0.1) is 39.8 Å². The average molecular weight is 565 g/mol. The number of aromatic nitrogens is 3. The van der Waals surface area contributed by atoms with Crippen molar-refractivity contribution in [1.82, 2.24) is 14.3 Å². The van der Waals surface area contributed by atoms with Gasteiger partial charge in [-0.2, -0.15) is 13.9 Å². The van der Waals surface area contributed by atoms with Crippen LogP contribution in [-0.4, -0.2) is 33.5 Å². The van der Waals surface area contributed by atoms with Crippen LogP contribution in [0.3, 0.4) is 0 Å². The summed E-state index contributed by atoms with van der Waals surface area (Å²) in [5.74, 6) is -0.641. The maximum Gasteiger partial charge on any atom is 0.387 e. The number of alkyl halides is 2. The first-order valence-electron chi connectivity index (χ1n) is 12.6. The third-order valence-electron chi connectivity index (χ3n) is 6.56. The summed E-state index contributed by atoms with van der Waals surface area (Å²) in [6, 6.07) is 14.7. The summed E-state index contributed by atoms with van der Waals surface area (Å²) in [5, 5.41) is 4.67. The van der Waals surface area contributed by atoms with Gasteiger partial charge >= 0.3 is 12.6 Å². The predicted molar refractivity (Wildman–Crippen MR) is 147 cm³/mol. The van der Waals surface area contributed by atoms with Gasteiger partial charge in [0.2, 0.25) is 0 Å². The fraction of sp³-hybridized carbons (Fsp3) is 0.241. The standard InChI is InChI=1S/C29H26F2N4O4S/c1-5-38-27(37)24-17(3)32-29-34(25(24)19-11-13-21(14-12-19)39-28(30)31)26(36)23(40-29)15-22-16(2)33-35(18(22)4)20-9-7-6-8-10-20/h6-15,25,28H,5H2,1-4H3/b23-15+/t25-/m0/s1. The molecule has 0 amide bonds. The molecule has 0 fully saturated rings. The Morgan fingerprint density at radius 2 is 1.80 bits per heavy atom. The Bertz CT molecular complexity index is 1790. The molecule has 11 heteroatoms. The minimum Gasteiger partial charge on any atom is -0.463 e. The number of halogens is 2. The summed E-state index contributed by atoms with van der Waals surface area (Å²) in [5.41, 5.74) is 4.11. The van der Waals surface area contributed by atoms with Gasteiger partial charge in [-0.15, -0.1) is 0 Å². The maximum absolute atomic E-state index is 13.9. The molecule has 1 aliphatic heterocycles. The van der Waals surface area contributed by atoms with Gasteiger partial charge in [0.1, 0.15) is 5.75 Å². The highest BCUT2D eigenvalue weighted by atomic mass is 32.1. The molecule has 8 nitrogen and oxygen atoms in total. The molecule has 1 atom stereocenters. The van der Waals surface area contributed by atoms with Crippen LogP contribution in [-0.2, 0) is 9.53 Å². The second-order valence-electron chi connectivity index (χ2n) is 9.08. The number of para-hydroxylation sites is 1. The summed E-state index contributed by atoms with van der Waals surface area (Å²) in [6.45, 7) is 4.35. The molecule has 1 aliphatic rings. The average Bonchev–Trinajstić information content (AvgIpc) is 3.39. The van der Waals surface area contributed by atoms with Crippen molar-refractivity contribution in [2.75, 3.05) is 6.61 Å². The van der Waals surface area contributed by atoms with Gasteiger partial charge in [-0.05, 0) is 63.6 Å². The lowest BCUT2D eigenvalue weighted by Crippen LogP contribution is -2.39. The number of carbonyl (C=O) groups excluding carboxylic acids is 1. The lowest BCUT2D eigenvalue weighted by atomic mass is 9.96. The van der Waals surface area contributed by atoms with Crippen LogP contribution in [0.15, 0.2) is 75.7 Å². The van der Waals surface area contributed by atoms with E-state index >= 15 is 0 Å². The van der Waals surface area contributed by atoms with Crippen molar-refractivity contribution in [3.63, 3.8) is 0 Å². The van der Waals surface area contributed by atoms with E-state index in [1.807, 2.05) is 48.9 Å². The lowest BCUT2D eigenvalue weighted by molar-refractivity contribution is -0.139. The number of thiazole rings is 1. The van der Waals surface area contributed by atoms with Gasteiger partial charge in [0.15, 0.2) is 4.80 Å². The second kappa shape index (κ2) is 11.0. The first-order chi connectivity index (χ1) is 19.2. The van der Waals surface area contributed by atoms with Gasteiger partial charge < -0.3 is 9.47 Å². The van der Waals surface area contributed by atoms with Crippen molar-refractivity contribution in [2.45, 2.75) is 40.3 Å². The Kier molecular flexibility index (Phi) is 7.49. The molecule has 0 saturated heterocycles. The Morgan fingerprint density at radius 1 is 1.10 bits per heavy atom. The van der Waals surface area contributed by atoms with E-state index in [0.29, 0.717) is 20.6 Å². The molecule has 0 aliphatic carbocycles. The molecule has 0 bridgehead atoms. The summed E-state index contributed by atoms with van der Waals surface area (Å²) in [6.07, 6.45) is 1.79. The Hall–Kier alpha value is -4.38. The molecule has 0 spiro atoms. The summed E-state index contributed by atoms with van der Waals surface area (Å²) >= 11 is 1.20. The number of hydrogen-bond acceptors (Lipinski definition) is 7. The van der Waals surface area contributed by atoms with Crippen LogP contribution in [0.5, 0.6) is 5.75 Å². The number of allylic oxidation sites excluding steroid dienone is 1. The normalized spacial score (nSPS) is 15.3. The minimum absolute atomic E-state index is 0.0362. The van der Waals surface area contributed by atoms with E-state index in [4.69, 9.17) is 4.74 Å². The van der Waals surface area contributed by atoms with Crippen LogP contribution >= 0.6 is 11.3 Å². The minimum atomic E-state index is -2.97. The number of esters is 1. The number of fused-ring (bicyclic) bond motifs is 1. The number of benzene rings is 2. The Labute approximate surface area is 232 Å². The zero-order chi connectivity index (χ0) is 28.6. The van der Waals surface area contributed by atoms with Gasteiger partial charge in [-0.3, -0.25) is 9.36 Å². The van der Waals surface area contributed by atoms with Gasteiger partial charge in [0, 0.05) is 11.3 Å². The number of hydrogen-bond donors (Lipinski definition) is 0. The fourth-order valence-electron chi connectivity index (χ4n) is 4.75. The molecule has 4 aromatic rings.